The molecule has 0 saturated carbocycles. The molecule has 0 aliphatic carbocycles. The molecule has 0 radical (unpaired) electrons. The van der Waals surface area contributed by atoms with E-state index in [1.807, 2.05) is 19.1 Å². The van der Waals surface area contributed by atoms with Crippen molar-refractivity contribution in [3.05, 3.63) is 48.6 Å². The van der Waals surface area contributed by atoms with Gasteiger partial charge in [-0.25, -0.2) is 4.99 Å². The lowest BCUT2D eigenvalue weighted by Crippen LogP contribution is -2.39. The summed E-state index contributed by atoms with van der Waals surface area (Å²) in [4.78, 5) is 13.1. The quantitative estimate of drug-likeness (QED) is 0.572. The molecule has 142 valence electrons. The molecule has 1 fully saturated rings. The average Bonchev–Trinajstić information content (AvgIpc) is 2.66. The van der Waals surface area contributed by atoms with Crippen LogP contribution in [0.4, 0.5) is 0 Å². The molecule has 0 aromatic carbocycles. The molecule has 1 saturated heterocycles. The SMILES string of the molecule is CC/C=C\N(/C=C(\C)C(/N=C\N)Oc1cccnc1)C1CCN(C)CC1. The van der Waals surface area contributed by atoms with E-state index in [2.05, 4.69) is 52.2 Å². The van der Waals surface area contributed by atoms with Crippen molar-refractivity contribution < 1.29 is 4.74 Å². The summed E-state index contributed by atoms with van der Waals surface area (Å²) >= 11 is 0. The number of allylic oxidation sites excluding steroid dienone is 1. The summed E-state index contributed by atoms with van der Waals surface area (Å²) in [5, 5.41) is 0. The third-order valence-corrected chi connectivity index (χ3v) is 4.47. The molecule has 26 heavy (non-hydrogen) atoms. The fourth-order valence-corrected chi connectivity index (χ4v) is 2.95. The normalized spacial score (nSPS) is 18.5. The Balaban J connectivity index is 2.16. The van der Waals surface area contributed by atoms with Gasteiger partial charge in [-0.1, -0.05) is 13.0 Å². The molecule has 2 N–H and O–H groups in total. The first kappa shape index (κ1) is 20.0. The van der Waals surface area contributed by atoms with Crippen molar-refractivity contribution in [2.45, 2.75) is 45.4 Å². The van der Waals surface area contributed by atoms with E-state index in [4.69, 9.17) is 10.5 Å². The van der Waals surface area contributed by atoms with E-state index in [-0.39, 0.29) is 0 Å². The highest BCUT2D eigenvalue weighted by Crippen LogP contribution is 2.20. The summed E-state index contributed by atoms with van der Waals surface area (Å²) in [5.74, 6) is 0.672. The number of pyridine rings is 1. The number of aromatic nitrogens is 1. The Bertz CT molecular complexity index is 606. The topological polar surface area (TPSA) is 67.0 Å². The van der Waals surface area contributed by atoms with Gasteiger partial charge in [-0.3, -0.25) is 4.98 Å². The van der Waals surface area contributed by atoms with Gasteiger partial charge in [0.05, 0.1) is 12.5 Å². The second-order valence-corrected chi connectivity index (χ2v) is 6.60. The van der Waals surface area contributed by atoms with Crippen molar-refractivity contribution in [1.82, 2.24) is 14.8 Å². The minimum absolute atomic E-state index is 0.465. The molecule has 1 aromatic rings. The summed E-state index contributed by atoms with van der Waals surface area (Å²) < 4.78 is 5.96. The minimum Gasteiger partial charge on any atom is -0.463 e. The van der Waals surface area contributed by atoms with Gasteiger partial charge in [-0.15, -0.1) is 0 Å². The van der Waals surface area contributed by atoms with E-state index in [0.29, 0.717) is 11.8 Å². The first-order valence-electron chi connectivity index (χ1n) is 9.25. The van der Waals surface area contributed by atoms with Crippen LogP contribution in [0.25, 0.3) is 0 Å². The molecular weight excluding hydrogens is 326 g/mol. The fraction of sp³-hybridized carbons (Fsp3) is 0.500. The van der Waals surface area contributed by atoms with Gasteiger partial charge in [0.2, 0.25) is 6.23 Å². The largest absolute Gasteiger partial charge is 0.463 e. The second kappa shape index (κ2) is 10.6. The smallest absolute Gasteiger partial charge is 0.214 e. The van der Waals surface area contributed by atoms with Gasteiger partial charge in [-0.05, 0) is 64.7 Å². The number of hydrogen-bond donors (Lipinski definition) is 1. The highest BCUT2D eigenvalue weighted by molar-refractivity contribution is 5.52. The zero-order chi connectivity index (χ0) is 18.8. The maximum Gasteiger partial charge on any atom is 0.214 e. The van der Waals surface area contributed by atoms with Gasteiger partial charge in [0, 0.05) is 24.0 Å². The number of rotatable bonds is 8. The Hall–Kier alpha value is -2.34. The van der Waals surface area contributed by atoms with Crippen molar-refractivity contribution in [3.8, 4) is 5.75 Å². The standard InChI is InChI=1S/C20H31N5O/c1-4-5-11-25(18-8-12-24(3)13-9-18)15-17(2)20(23-16-21)26-19-7-6-10-22-14-19/h5-7,10-11,14-16,18,20H,4,8-9,12-13H2,1-3H3,(H2,21,23)/b11-5-,17-15+. The molecule has 1 aliphatic rings. The van der Waals surface area contributed by atoms with Gasteiger partial charge < -0.3 is 20.3 Å². The number of aliphatic imine (C=N–C) groups is 1. The number of likely N-dealkylation sites (tertiary alicyclic amines) is 1. The number of nitrogens with zero attached hydrogens (tertiary/aromatic N) is 4. The van der Waals surface area contributed by atoms with Crippen LogP contribution in [0.5, 0.6) is 5.75 Å². The molecule has 0 bridgehead atoms. The van der Waals surface area contributed by atoms with Crippen LogP contribution in [0, 0.1) is 0 Å². The Morgan fingerprint density at radius 3 is 2.88 bits per heavy atom. The van der Waals surface area contributed by atoms with Gasteiger partial charge in [0.25, 0.3) is 0 Å². The third-order valence-electron chi connectivity index (χ3n) is 4.47. The van der Waals surface area contributed by atoms with E-state index in [9.17, 15) is 0 Å². The monoisotopic (exact) mass is 357 g/mol. The Labute approximate surface area is 157 Å². The van der Waals surface area contributed by atoms with Crippen LogP contribution in [0.15, 0.2) is 53.6 Å². The molecule has 0 amide bonds. The molecule has 1 aliphatic heterocycles. The van der Waals surface area contributed by atoms with E-state index >= 15 is 0 Å². The van der Waals surface area contributed by atoms with Crippen molar-refractivity contribution in [3.63, 3.8) is 0 Å². The molecule has 1 unspecified atom stereocenters. The van der Waals surface area contributed by atoms with Crippen LogP contribution in [0.3, 0.4) is 0 Å². The summed E-state index contributed by atoms with van der Waals surface area (Å²) in [6.07, 6.45) is 14.0. The van der Waals surface area contributed by atoms with E-state index in [1.165, 1.54) is 6.34 Å². The Morgan fingerprint density at radius 1 is 1.50 bits per heavy atom. The van der Waals surface area contributed by atoms with Gasteiger partial charge in [-0.2, -0.15) is 0 Å². The molecule has 1 atom stereocenters. The van der Waals surface area contributed by atoms with E-state index in [1.54, 1.807) is 12.4 Å². The first-order valence-corrected chi connectivity index (χ1v) is 9.25. The summed E-state index contributed by atoms with van der Waals surface area (Å²) in [5.41, 5.74) is 6.54. The molecule has 2 heterocycles. The zero-order valence-electron chi connectivity index (χ0n) is 16.1. The highest BCUT2D eigenvalue weighted by Gasteiger charge is 2.21. The van der Waals surface area contributed by atoms with Crippen molar-refractivity contribution in [2.24, 2.45) is 10.7 Å². The van der Waals surface area contributed by atoms with Crippen molar-refractivity contribution in [2.75, 3.05) is 20.1 Å². The predicted octanol–water partition coefficient (Wildman–Crippen LogP) is 3.00. The lowest BCUT2D eigenvalue weighted by atomic mass is 10.0. The predicted molar refractivity (Wildman–Crippen MR) is 107 cm³/mol. The summed E-state index contributed by atoms with van der Waals surface area (Å²) in [6, 6.07) is 4.20. The number of ether oxygens (including phenoxy) is 1. The molecule has 2 rings (SSSR count). The molecule has 0 spiro atoms. The Morgan fingerprint density at radius 2 is 2.27 bits per heavy atom. The molecule has 6 nitrogen and oxygen atoms in total. The Kier molecular flexibility index (Phi) is 8.15. The maximum absolute atomic E-state index is 5.96. The zero-order valence-corrected chi connectivity index (χ0v) is 16.1. The number of nitrogens with two attached hydrogens (primary N) is 1. The van der Waals surface area contributed by atoms with Crippen LogP contribution in [0.2, 0.25) is 0 Å². The van der Waals surface area contributed by atoms with Gasteiger partial charge in [0.1, 0.15) is 5.75 Å². The van der Waals surface area contributed by atoms with Crippen molar-refractivity contribution >= 4 is 6.34 Å². The van der Waals surface area contributed by atoms with E-state index in [0.717, 1.165) is 37.9 Å². The molecule has 6 heteroatoms. The third kappa shape index (κ3) is 6.19. The number of hydrogen-bond acceptors (Lipinski definition) is 5. The van der Waals surface area contributed by atoms with Gasteiger partial charge >= 0.3 is 0 Å². The molecular formula is C20H31N5O. The molecule has 1 aromatic heterocycles. The van der Waals surface area contributed by atoms with Crippen LogP contribution >= 0.6 is 0 Å². The highest BCUT2D eigenvalue weighted by atomic mass is 16.5. The van der Waals surface area contributed by atoms with Gasteiger partial charge in [0.15, 0.2) is 0 Å². The fourth-order valence-electron chi connectivity index (χ4n) is 2.95. The second-order valence-electron chi connectivity index (χ2n) is 6.60. The van der Waals surface area contributed by atoms with Crippen molar-refractivity contribution in [1.29, 1.82) is 0 Å². The minimum atomic E-state index is -0.465. The van der Waals surface area contributed by atoms with Crippen LogP contribution < -0.4 is 10.5 Å². The number of piperidine rings is 1. The van der Waals surface area contributed by atoms with E-state index < -0.39 is 6.23 Å². The first-order chi connectivity index (χ1) is 12.6. The van der Waals surface area contributed by atoms with Crippen LogP contribution in [0.1, 0.15) is 33.1 Å². The summed E-state index contributed by atoms with van der Waals surface area (Å²) in [7, 11) is 2.18. The van der Waals surface area contributed by atoms with Crippen LogP contribution in [-0.4, -0.2) is 53.5 Å². The maximum atomic E-state index is 5.96. The lowest BCUT2D eigenvalue weighted by Gasteiger charge is -2.35. The van der Waals surface area contributed by atoms with Crippen LogP contribution in [-0.2, 0) is 0 Å². The lowest BCUT2D eigenvalue weighted by molar-refractivity contribution is 0.187. The summed E-state index contributed by atoms with van der Waals surface area (Å²) in [6.45, 7) is 6.40. The average molecular weight is 358 g/mol.